The number of ether oxygens (including phenoxy) is 1. The Balaban J connectivity index is 1.38. The van der Waals surface area contributed by atoms with Crippen molar-refractivity contribution in [2.45, 2.75) is 12.8 Å². The lowest BCUT2D eigenvalue weighted by atomic mass is 10.0. The average molecular weight is 410 g/mol. The van der Waals surface area contributed by atoms with E-state index in [4.69, 9.17) is 10.5 Å². The summed E-state index contributed by atoms with van der Waals surface area (Å²) in [6.45, 7) is 4.32. The molecule has 3 aromatic rings. The topological polar surface area (TPSA) is 87.2 Å². The maximum absolute atomic E-state index is 9.21. The van der Waals surface area contributed by atoms with E-state index in [-0.39, 0.29) is 0 Å². The van der Waals surface area contributed by atoms with Crippen molar-refractivity contribution in [3.8, 4) is 5.75 Å². The van der Waals surface area contributed by atoms with Crippen LogP contribution >= 0.6 is 11.3 Å². The van der Waals surface area contributed by atoms with E-state index >= 15 is 0 Å². The molecule has 0 atom stereocenters. The van der Waals surface area contributed by atoms with Gasteiger partial charge in [-0.3, -0.25) is 0 Å². The molecular weight excluding hydrogens is 386 g/mol. The maximum atomic E-state index is 9.21. The van der Waals surface area contributed by atoms with Gasteiger partial charge < -0.3 is 25.5 Å². The SMILES string of the molecule is Nc1csc2nccc(N3CCCN(c4ccc5c(c4)OCCC5=NO)CC3)c12. The molecule has 0 unspecified atom stereocenters. The molecule has 0 radical (unpaired) electrons. The first kappa shape index (κ1) is 18.1. The second kappa shape index (κ2) is 7.44. The Morgan fingerprint density at radius 2 is 2.00 bits per heavy atom. The zero-order valence-corrected chi connectivity index (χ0v) is 16.9. The van der Waals surface area contributed by atoms with Crippen LogP contribution in [-0.2, 0) is 0 Å². The van der Waals surface area contributed by atoms with E-state index < -0.39 is 0 Å². The van der Waals surface area contributed by atoms with E-state index in [1.165, 1.54) is 5.69 Å². The molecule has 5 rings (SSSR count). The van der Waals surface area contributed by atoms with Crippen LogP contribution in [0.1, 0.15) is 18.4 Å². The summed E-state index contributed by atoms with van der Waals surface area (Å²) in [6.07, 6.45) is 3.56. The monoisotopic (exact) mass is 409 g/mol. The van der Waals surface area contributed by atoms with E-state index in [0.717, 1.165) is 65.5 Å². The van der Waals surface area contributed by atoms with Crippen LogP contribution in [0.25, 0.3) is 10.2 Å². The van der Waals surface area contributed by atoms with Gasteiger partial charge in [0.25, 0.3) is 0 Å². The average Bonchev–Trinajstić information content (AvgIpc) is 2.98. The minimum absolute atomic E-state index is 0.545. The standard InChI is InChI=1S/C21H23N5O2S/c22-16-13-29-21-20(16)18(4-6-23-21)26-8-1-7-25(9-10-26)14-2-3-15-17(24-27)5-11-28-19(15)12-14/h2-4,6,12-13,27H,1,5,7-11,22H2. The van der Waals surface area contributed by atoms with E-state index in [1.807, 2.05) is 17.6 Å². The molecule has 4 heterocycles. The van der Waals surface area contributed by atoms with Crippen molar-refractivity contribution in [2.24, 2.45) is 5.16 Å². The smallest absolute Gasteiger partial charge is 0.130 e. The number of rotatable bonds is 2. The molecule has 1 saturated heterocycles. The van der Waals surface area contributed by atoms with Crippen molar-refractivity contribution in [1.82, 2.24) is 4.98 Å². The molecule has 0 bridgehead atoms. The number of benzene rings is 1. The van der Waals surface area contributed by atoms with Crippen LogP contribution in [0.15, 0.2) is 41.0 Å². The van der Waals surface area contributed by atoms with E-state index in [1.54, 1.807) is 11.3 Å². The van der Waals surface area contributed by atoms with Crippen molar-refractivity contribution in [2.75, 3.05) is 48.3 Å². The molecule has 2 aromatic heterocycles. The van der Waals surface area contributed by atoms with Gasteiger partial charge in [0, 0.05) is 61.5 Å². The molecule has 0 aliphatic carbocycles. The Morgan fingerprint density at radius 3 is 2.90 bits per heavy atom. The van der Waals surface area contributed by atoms with E-state index in [9.17, 15) is 5.21 Å². The molecule has 150 valence electrons. The van der Waals surface area contributed by atoms with Crippen LogP contribution in [0.2, 0.25) is 0 Å². The Bertz CT molecular complexity index is 1080. The lowest BCUT2D eigenvalue weighted by Crippen LogP contribution is -2.31. The summed E-state index contributed by atoms with van der Waals surface area (Å²) in [7, 11) is 0. The summed E-state index contributed by atoms with van der Waals surface area (Å²) >= 11 is 1.60. The van der Waals surface area contributed by atoms with Crippen molar-refractivity contribution >= 4 is 44.3 Å². The highest BCUT2D eigenvalue weighted by Crippen LogP contribution is 2.35. The van der Waals surface area contributed by atoms with Gasteiger partial charge in [0.2, 0.25) is 0 Å². The normalized spacial score (nSPS) is 18.6. The third-order valence-corrected chi connectivity index (χ3v) is 6.58. The summed E-state index contributed by atoms with van der Waals surface area (Å²) in [6, 6.07) is 8.23. The highest BCUT2D eigenvalue weighted by Gasteiger charge is 2.22. The first-order valence-corrected chi connectivity index (χ1v) is 10.7. The highest BCUT2D eigenvalue weighted by atomic mass is 32.1. The Labute approximate surface area is 173 Å². The Hall–Kier alpha value is -3.00. The van der Waals surface area contributed by atoms with E-state index in [0.29, 0.717) is 18.7 Å². The number of hydrogen-bond donors (Lipinski definition) is 2. The largest absolute Gasteiger partial charge is 0.492 e. The molecule has 0 amide bonds. The lowest BCUT2D eigenvalue weighted by molar-refractivity contribution is 0.298. The number of fused-ring (bicyclic) bond motifs is 2. The zero-order chi connectivity index (χ0) is 19.8. The Morgan fingerprint density at radius 1 is 1.14 bits per heavy atom. The van der Waals surface area contributed by atoms with E-state index in [2.05, 4.69) is 38.1 Å². The van der Waals surface area contributed by atoms with Crippen LogP contribution in [0.5, 0.6) is 5.75 Å². The second-order valence-electron chi connectivity index (χ2n) is 7.35. The summed E-state index contributed by atoms with van der Waals surface area (Å²) in [5.74, 6) is 0.796. The number of nitrogen functional groups attached to an aromatic ring is 1. The quantitative estimate of drug-likeness (QED) is 0.497. The predicted molar refractivity (Wildman–Crippen MR) is 118 cm³/mol. The summed E-state index contributed by atoms with van der Waals surface area (Å²) in [5.41, 5.74) is 10.9. The molecule has 2 aliphatic heterocycles. The number of thiophene rings is 1. The number of aromatic nitrogens is 1. The van der Waals surface area contributed by atoms with Crippen LogP contribution < -0.4 is 20.3 Å². The predicted octanol–water partition coefficient (Wildman–Crippen LogP) is 3.56. The number of nitrogens with zero attached hydrogens (tertiary/aromatic N) is 4. The Kier molecular flexibility index (Phi) is 4.63. The van der Waals surface area contributed by atoms with Crippen molar-refractivity contribution in [3.63, 3.8) is 0 Å². The van der Waals surface area contributed by atoms with Crippen molar-refractivity contribution in [1.29, 1.82) is 0 Å². The minimum Gasteiger partial charge on any atom is -0.492 e. The molecule has 0 saturated carbocycles. The third kappa shape index (κ3) is 3.23. The summed E-state index contributed by atoms with van der Waals surface area (Å²) in [4.78, 5) is 10.3. The molecule has 7 nitrogen and oxygen atoms in total. The van der Waals surface area contributed by atoms with Gasteiger partial charge in [-0.25, -0.2) is 4.98 Å². The van der Waals surface area contributed by atoms with Gasteiger partial charge in [0.15, 0.2) is 0 Å². The highest BCUT2D eigenvalue weighted by molar-refractivity contribution is 7.17. The van der Waals surface area contributed by atoms with Crippen molar-refractivity contribution < 1.29 is 9.94 Å². The van der Waals surface area contributed by atoms with Gasteiger partial charge in [0.1, 0.15) is 10.6 Å². The lowest BCUT2D eigenvalue weighted by Gasteiger charge is -2.27. The van der Waals surface area contributed by atoms with Crippen LogP contribution in [0.4, 0.5) is 17.1 Å². The molecule has 0 spiro atoms. The maximum Gasteiger partial charge on any atom is 0.130 e. The molecule has 8 heteroatoms. The first-order valence-electron chi connectivity index (χ1n) is 9.84. The molecule has 2 aliphatic rings. The fourth-order valence-electron chi connectivity index (χ4n) is 4.21. The minimum atomic E-state index is 0.545. The first-order chi connectivity index (χ1) is 14.2. The van der Waals surface area contributed by atoms with Gasteiger partial charge in [-0.1, -0.05) is 5.16 Å². The number of nitrogens with two attached hydrogens (primary N) is 1. The van der Waals surface area contributed by atoms with Gasteiger partial charge >= 0.3 is 0 Å². The van der Waals surface area contributed by atoms with Gasteiger partial charge in [-0.15, -0.1) is 11.3 Å². The third-order valence-electron chi connectivity index (χ3n) is 5.68. The van der Waals surface area contributed by atoms with Crippen molar-refractivity contribution in [3.05, 3.63) is 41.4 Å². The van der Waals surface area contributed by atoms with Gasteiger partial charge in [-0.05, 0) is 24.6 Å². The number of oxime groups is 1. The zero-order valence-electron chi connectivity index (χ0n) is 16.0. The second-order valence-corrected chi connectivity index (χ2v) is 8.21. The molecule has 1 aromatic carbocycles. The fraction of sp³-hybridized carbons (Fsp3) is 0.333. The molecule has 3 N–H and O–H groups in total. The van der Waals surface area contributed by atoms with Gasteiger partial charge in [-0.2, -0.15) is 0 Å². The molecule has 1 fully saturated rings. The fourth-order valence-corrected chi connectivity index (χ4v) is 5.03. The van der Waals surface area contributed by atoms with Crippen LogP contribution in [0.3, 0.4) is 0 Å². The number of hydrogen-bond acceptors (Lipinski definition) is 8. The molecular formula is C21H23N5O2S. The van der Waals surface area contributed by atoms with Crippen LogP contribution in [-0.4, -0.2) is 48.7 Å². The number of anilines is 3. The summed E-state index contributed by atoms with van der Waals surface area (Å²) in [5, 5.41) is 15.7. The molecule has 29 heavy (non-hydrogen) atoms. The summed E-state index contributed by atoms with van der Waals surface area (Å²) < 4.78 is 5.81. The van der Waals surface area contributed by atoms with Crippen LogP contribution in [0, 0.1) is 0 Å². The van der Waals surface area contributed by atoms with Gasteiger partial charge in [0.05, 0.1) is 29.1 Å². The number of pyridine rings is 1.